The molecular weight excluding hydrogens is 240 g/mol. The van der Waals surface area contributed by atoms with Crippen molar-refractivity contribution in [3.8, 4) is 0 Å². The van der Waals surface area contributed by atoms with Crippen molar-refractivity contribution in [2.45, 2.75) is 17.0 Å². The number of carboxylic acids is 1. The minimum absolute atomic E-state index is 0.189. The van der Waals surface area contributed by atoms with Gasteiger partial charge in [0.25, 0.3) is 0 Å². The second-order valence-electron chi connectivity index (χ2n) is 3.36. The Morgan fingerprint density at radius 3 is 2.88 bits per heavy atom. The summed E-state index contributed by atoms with van der Waals surface area (Å²) in [7, 11) is 0. The molecule has 17 heavy (non-hydrogen) atoms. The molecule has 0 radical (unpaired) electrons. The molecule has 6 nitrogen and oxygen atoms in total. The molecule has 0 amide bonds. The van der Waals surface area contributed by atoms with Crippen LogP contribution < -0.4 is 5.73 Å². The molecule has 7 heteroatoms. The molecule has 1 heterocycles. The highest BCUT2D eigenvalue weighted by Gasteiger charge is 2.10. The van der Waals surface area contributed by atoms with Crippen LogP contribution in [0.3, 0.4) is 0 Å². The number of nitrogens with zero attached hydrogens (tertiary/aromatic N) is 2. The number of carbonyl (C=O) groups is 1. The van der Waals surface area contributed by atoms with E-state index in [-0.39, 0.29) is 5.56 Å². The number of nitrogen functional groups attached to an aromatic ring is 1. The summed E-state index contributed by atoms with van der Waals surface area (Å²) >= 11 is 1.22. The van der Waals surface area contributed by atoms with Crippen LogP contribution in [0.1, 0.15) is 16.2 Å². The van der Waals surface area contributed by atoms with Crippen LogP contribution in [0.5, 0.6) is 0 Å². The van der Waals surface area contributed by atoms with E-state index >= 15 is 0 Å². The lowest BCUT2D eigenvalue weighted by molar-refractivity contribution is 0.0696. The van der Waals surface area contributed by atoms with E-state index < -0.39 is 5.97 Å². The Hall–Kier alpha value is -2.02. The number of carboxylic acid groups (broad SMARTS) is 1. The first-order valence-electron chi connectivity index (χ1n) is 4.76. The zero-order valence-electron chi connectivity index (χ0n) is 8.97. The van der Waals surface area contributed by atoms with Gasteiger partial charge in [0, 0.05) is 10.6 Å². The molecule has 1 aromatic carbocycles. The first kappa shape index (κ1) is 11.5. The average Bonchev–Trinajstić information content (AvgIpc) is 2.67. The summed E-state index contributed by atoms with van der Waals surface area (Å²) in [5, 5.41) is 16.1. The summed E-state index contributed by atoms with van der Waals surface area (Å²) in [6, 6.07) is 4.53. The van der Waals surface area contributed by atoms with Gasteiger partial charge in [0.15, 0.2) is 0 Å². The van der Waals surface area contributed by atoms with Crippen molar-refractivity contribution < 1.29 is 9.90 Å². The molecule has 0 aliphatic heterocycles. The van der Waals surface area contributed by atoms with Crippen LogP contribution in [-0.4, -0.2) is 26.3 Å². The zero-order chi connectivity index (χ0) is 12.4. The number of aromatic nitrogens is 3. The second-order valence-corrected chi connectivity index (χ2v) is 4.37. The molecular formula is C10H10N4O2S. The van der Waals surface area contributed by atoms with Gasteiger partial charge in [-0.3, -0.25) is 5.10 Å². The first-order valence-corrected chi connectivity index (χ1v) is 5.57. The predicted molar refractivity (Wildman–Crippen MR) is 63.1 cm³/mol. The Labute approximate surface area is 101 Å². The normalized spacial score (nSPS) is 10.4. The number of aryl methyl sites for hydroxylation is 1. The fourth-order valence-corrected chi connectivity index (χ4v) is 2.06. The molecule has 1 aromatic heterocycles. The van der Waals surface area contributed by atoms with Crippen molar-refractivity contribution in [1.82, 2.24) is 15.2 Å². The number of H-pyrrole nitrogens is 1. The third-order valence-corrected chi connectivity index (χ3v) is 2.98. The molecule has 0 saturated carbocycles. The van der Waals surface area contributed by atoms with E-state index in [2.05, 4.69) is 15.2 Å². The molecule has 0 aliphatic carbocycles. The summed E-state index contributed by atoms with van der Waals surface area (Å²) in [6.07, 6.45) is 0. The molecule has 88 valence electrons. The highest BCUT2D eigenvalue weighted by Crippen LogP contribution is 2.30. The third-order valence-electron chi connectivity index (χ3n) is 2.04. The van der Waals surface area contributed by atoms with E-state index in [0.29, 0.717) is 21.6 Å². The van der Waals surface area contributed by atoms with Gasteiger partial charge in [-0.15, -0.1) is 5.10 Å². The number of rotatable bonds is 3. The Kier molecular flexibility index (Phi) is 3.01. The van der Waals surface area contributed by atoms with E-state index in [9.17, 15) is 4.79 Å². The largest absolute Gasteiger partial charge is 0.478 e. The number of hydrogen-bond donors (Lipinski definition) is 3. The van der Waals surface area contributed by atoms with Gasteiger partial charge in [0.05, 0.1) is 5.56 Å². The van der Waals surface area contributed by atoms with Crippen molar-refractivity contribution >= 4 is 23.4 Å². The highest BCUT2D eigenvalue weighted by molar-refractivity contribution is 7.99. The van der Waals surface area contributed by atoms with Crippen LogP contribution in [0.2, 0.25) is 0 Å². The number of nitrogens with one attached hydrogen (secondary N) is 1. The van der Waals surface area contributed by atoms with Gasteiger partial charge in [0.2, 0.25) is 5.16 Å². The predicted octanol–water partition coefficient (Wildman–Crippen LogP) is 1.54. The number of anilines is 1. The molecule has 0 spiro atoms. The summed E-state index contributed by atoms with van der Waals surface area (Å²) in [4.78, 5) is 15.6. The van der Waals surface area contributed by atoms with Crippen LogP contribution in [0.25, 0.3) is 0 Å². The smallest absolute Gasteiger partial charge is 0.335 e. The Morgan fingerprint density at radius 2 is 2.29 bits per heavy atom. The summed E-state index contributed by atoms with van der Waals surface area (Å²) in [6.45, 7) is 1.79. The number of hydrogen-bond acceptors (Lipinski definition) is 5. The minimum atomic E-state index is -0.988. The van der Waals surface area contributed by atoms with Gasteiger partial charge in [-0.2, -0.15) is 0 Å². The maximum absolute atomic E-state index is 10.8. The van der Waals surface area contributed by atoms with Crippen molar-refractivity contribution in [1.29, 1.82) is 0 Å². The van der Waals surface area contributed by atoms with E-state index in [4.69, 9.17) is 10.8 Å². The van der Waals surface area contributed by atoms with Crippen molar-refractivity contribution in [2.75, 3.05) is 5.73 Å². The van der Waals surface area contributed by atoms with Crippen molar-refractivity contribution in [3.05, 3.63) is 29.6 Å². The topological polar surface area (TPSA) is 105 Å². The zero-order valence-corrected chi connectivity index (χ0v) is 9.78. The third kappa shape index (κ3) is 2.56. The monoisotopic (exact) mass is 250 g/mol. The molecule has 4 N–H and O–H groups in total. The lowest BCUT2D eigenvalue weighted by Gasteiger charge is -2.03. The molecule has 0 bridgehead atoms. The van der Waals surface area contributed by atoms with E-state index in [0.717, 1.165) is 0 Å². The summed E-state index contributed by atoms with van der Waals surface area (Å²) in [5.41, 5.74) is 6.46. The number of aromatic carboxylic acids is 1. The maximum Gasteiger partial charge on any atom is 0.335 e. The van der Waals surface area contributed by atoms with Crippen LogP contribution in [0.15, 0.2) is 28.3 Å². The van der Waals surface area contributed by atoms with Crippen molar-refractivity contribution in [3.63, 3.8) is 0 Å². The average molecular weight is 250 g/mol. The Bertz CT molecular complexity index is 567. The molecule has 0 fully saturated rings. The number of aromatic amines is 1. The molecule has 0 unspecified atom stereocenters. The minimum Gasteiger partial charge on any atom is -0.478 e. The van der Waals surface area contributed by atoms with Crippen LogP contribution in [0.4, 0.5) is 5.69 Å². The van der Waals surface area contributed by atoms with Gasteiger partial charge in [-0.05, 0) is 36.9 Å². The number of nitrogens with two attached hydrogens (primary N) is 1. The van der Waals surface area contributed by atoms with Crippen LogP contribution in [-0.2, 0) is 0 Å². The molecule has 2 aromatic rings. The van der Waals surface area contributed by atoms with Gasteiger partial charge in [-0.1, -0.05) is 0 Å². The number of benzene rings is 1. The lowest BCUT2D eigenvalue weighted by atomic mass is 10.2. The first-order chi connectivity index (χ1) is 8.06. The fourth-order valence-electron chi connectivity index (χ4n) is 1.22. The quantitative estimate of drug-likeness (QED) is 0.714. The van der Waals surface area contributed by atoms with Crippen LogP contribution >= 0.6 is 11.8 Å². The van der Waals surface area contributed by atoms with Gasteiger partial charge < -0.3 is 10.8 Å². The highest BCUT2D eigenvalue weighted by atomic mass is 32.2. The summed E-state index contributed by atoms with van der Waals surface area (Å²) < 4.78 is 0. The van der Waals surface area contributed by atoms with Gasteiger partial charge >= 0.3 is 5.97 Å². The fraction of sp³-hybridized carbons (Fsp3) is 0.100. The van der Waals surface area contributed by atoms with Crippen molar-refractivity contribution in [2.24, 2.45) is 0 Å². The summed E-state index contributed by atoms with van der Waals surface area (Å²) in [5.74, 6) is -0.293. The van der Waals surface area contributed by atoms with Gasteiger partial charge in [0.1, 0.15) is 5.82 Å². The van der Waals surface area contributed by atoms with E-state index in [1.807, 2.05) is 0 Å². The standard InChI is InChI=1S/C10H10N4O2S/c1-5-12-10(14-13-5)17-8-4-6(9(15)16)2-3-7(8)11/h2-4H,11H2,1H3,(H,15,16)(H,12,13,14). The SMILES string of the molecule is Cc1nc(Sc2cc(C(=O)O)ccc2N)n[nH]1. The van der Waals surface area contributed by atoms with E-state index in [1.165, 1.54) is 23.9 Å². The van der Waals surface area contributed by atoms with E-state index in [1.54, 1.807) is 13.0 Å². The molecule has 0 aliphatic rings. The molecule has 0 atom stereocenters. The lowest BCUT2D eigenvalue weighted by Crippen LogP contribution is -1.98. The second kappa shape index (κ2) is 4.46. The van der Waals surface area contributed by atoms with Gasteiger partial charge in [-0.25, -0.2) is 9.78 Å². The Balaban J connectivity index is 2.31. The molecule has 0 saturated heterocycles. The maximum atomic E-state index is 10.8. The Morgan fingerprint density at radius 1 is 1.53 bits per heavy atom. The van der Waals surface area contributed by atoms with Crippen LogP contribution in [0, 0.1) is 6.92 Å². The molecule has 2 rings (SSSR count).